The molecule has 2 N–H and O–H groups in total. The first kappa shape index (κ1) is 12.6. The fraction of sp³-hybridized carbons (Fsp3) is 0.600. The summed E-state index contributed by atoms with van der Waals surface area (Å²) in [5.41, 5.74) is 10.4. The Balaban J connectivity index is 2.09. The van der Waals surface area contributed by atoms with Crippen LogP contribution in [0.15, 0.2) is 18.2 Å². The average molecular weight is 232 g/mol. The Bertz CT molecular complexity index is 396. The van der Waals surface area contributed by atoms with Gasteiger partial charge in [-0.15, -0.1) is 0 Å². The van der Waals surface area contributed by atoms with E-state index in [0.717, 1.165) is 6.54 Å². The molecular formula is C15H24N2. The maximum atomic E-state index is 5.81. The van der Waals surface area contributed by atoms with E-state index in [1.54, 1.807) is 11.1 Å². The van der Waals surface area contributed by atoms with Crippen LogP contribution >= 0.6 is 0 Å². The van der Waals surface area contributed by atoms with Crippen LogP contribution in [0.3, 0.4) is 0 Å². The molecule has 94 valence electrons. The second-order valence-electron chi connectivity index (χ2n) is 5.83. The van der Waals surface area contributed by atoms with Crippen molar-refractivity contribution in [1.29, 1.82) is 0 Å². The van der Waals surface area contributed by atoms with Gasteiger partial charge in [0.2, 0.25) is 0 Å². The largest absolute Gasteiger partial charge is 0.329 e. The van der Waals surface area contributed by atoms with Gasteiger partial charge in [-0.2, -0.15) is 0 Å². The molecule has 2 heteroatoms. The zero-order chi connectivity index (χ0) is 12.5. The highest BCUT2D eigenvalue weighted by atomic mass is 15.2. The standard InChI is InChI=1S/C15H24N2/c1-15(2,11-16)17(3)10-12-7-8-13-5-4-6-14(13)9-12/h7-9H,4-6,10-11,16H2,1-3H3. The summed E-state index contributed by atoms with van der Waals surface area (Å²) in [6, 6.07) is 6.96. The molecule has 0 aromatic heterocycles. The van der Waals surface area contributed by atoms with Crippen LogP contribution in [0.1, 0.15) is 37.0 Å². The van der Waals surface area contributed by atoms with E-state index in [2.05, 4.69) is 44.0 Å². The number of hydrogen-bond acceptors (Lipinski definition) is 2. The third-order valence-electron chi connectivity index (χ3n) is 4.12. The highest BCUT2D eigenvalue weighted by molar-refractivity contribution is 5.35. The van der Waals surface area contributed by atoms with Crippen molar-refractivity contribution < 1.29 is 0 Å². The molecule has 0 fully saturated rings. The van der Waals surface area contributed by atoms with Gasteiger partial charge in [0.05, 0.1) is 0 Å². The Labute approximate surface area is 105 Å². The first-order chi connectivity index (χ1) is 8.03. The van der Waals surface area contributed by atoms with E-state index in [1.165, 1.54) is 24.8 Å². The van der Waals surface area contributed by atoms with Gasteiger partial charge in [-0.3, -0.25) is 4.90 Å². The van der Waals surface area contributed by atoms with Crippen molar-refractivity contribution in [2.24, 2.45) is 5.73 Å². The number of benzene rings is 1. The molecule has 0 unspecified atom stereocenters. The van der Waals surface area contributed by atoms with Crippen molar-refractivity contribution in [3.05, 3.63) is 34.9 Å². The van der Waals surface area contributed by atoms with E-state index in [1.807, 2.05) is 0 Å². The molecule has 0 bridgehead atoms. The summed E-state index contributed by atoms with van der Waals surface area (Å²) < 4.78 is 0. The van der Waals surface area contributed by atoms with Crippen LogP contribution in [0.25, 0.3) is 0 Å². The van der Waals surface area contributed by atoms with E-state index in [9.17, 15) is 0 Å². The monoisotopic (exact) mass is 232 g/mol. The number of nitrogens with zero attached hydrogens (tertiary/aromatic N) is 1. The summed E-state index contributed by atoms with van der Waals surface area (Å²) >= 11 is 0. The molecule has 0 spiro atoms. The minimum absolute atomic E-state index is 0.0685. The van der Waals surface area contributed by atoms with E-state index in [-0.39, 0.29) is 5.54 Å². The molecule has 1 aromatic carbocycles. The first-order valence-electron chi connectivity index (χ1n) is 6.55. The highest BCUT2D eigenvalue weighted by Crippen LogP contribution is 2.24. The van der Waals surface area contributed by atoms with Crippen molar-refractivity contribution in [3.63, 3.8) is 0 Å². The molecule has 2 rings (SSSR count). The van der Waals surface area contributed by atoms with Crippen LogP contribution in [0, 0.1) is 0 Å². The molecule has 0 saturated carbocycles. The van der Waals surface area contributed by atoms with Crippen molar-refractivity contribution >= 4 is 0 Å². The number of rotatable bonds is 4. The van der Waals surface area contributed by atoms with Gasteiger partial charge in [0.25, 0.3) is 0 Å². The summed E-state index contributed by atoms with van der Waals surface area (Å²) in [5.74, 6) is 0. The summed E-state index contributed by atoms with van der Waals surface area (Å²) in [6.07, 6.45) is 3.84. The minimum Gasteiger partial charge on any atom is -0.329 e. The maximum absolute atomic E-state index is 5.81. The van der Waals surface area contributed by atoms with Crippen molar-refractivity contribution in [3.8, 4) is 0 Å². The molecule has 1 aliphatic rings. The van der Waals surface area contributed by atoms with Gasteiger partial charge in [-0.1, -0.05) is 18.2 Å². The summed E-state index contributed by atoms with van der Waals surface area (Å²) in [5, 5.41) is 0. The predicted octanol–water partition coefficient (Wildman–Crippen LogP) is 2.34. The van der Waals surface area contributed by atoms with Gasteiger partial charge in [0.1, 0.15) is 0 Å². The molecule has 0 amide bonds. The van der Waals surface area contributed by atoms with Crippen LogP contribution in [-0.2, 0) is 19.4 Å². The minimum atomic E-state index is 0.0685. The lowest BCUT2D eigenvalue weighted by Gasteiger charge is -2.34. The Morgan fingerprint density at radius 3 is 2.65 bits per heavy atom. The van der Waals surface area contributed by atoms with Crippen LogP contribution in [0.5, 0.6) is 0 Å². The highest BCUT2D eigenvalue weighted by Gasteiger charge is 2.21. The Hall–Kier alpha value is -0.860. The lowest BCUT2D eigenvalue weighted by atomic mass is 10.0. The second-order valence-corrected chi connectivity index (χ2v) is 5.83. The van der Waals surface area contributed by atoms with Crippen LogP contribution in [0.4, 0.5) is 0 Å². The molecule has 2 nitrogen and oxygen atoms in total. The van der Waals surface area contributed by atoms with E-state index >= 15 is 0 Å². The topological polar surface area (TPSA) is 29.3 Å². The van der Waals surface area contributed by atoms with Crippen LogP contribution in [0.2, 0.25) is 0 Å². The molecule has 0 aliphatic heterocycles. The predicted molar refractivity (Wildman–Crippen MR) is 73.1 cm³/mol. The summed E-state index contributed by atoms with van der Waals surface area (Å²) in [7, 11) is 2.15. The zero-order valence-corrected chi connectivity index (χ0v) is 11.3. The molecule has 0 heterocycles. The number of fused-ring (bicyclic) bond motifs is 1. The quantitative estimate of drug-likeness (QED) is 0.863. The number of hydrogen-bond donors (Lipinski definition) is 1. The Morgan fingerprint density at radius 2 is 1.94 bits per heavy atom. The molecule has 0 atom stereocenters. The Kier molecular flexibility index (Phi) is 3.55. The van der Waals surface area contributed by atoms with Gasteiger partial charge >= 0.3 is 0 Å². The Morgan fingerprint density at radius 1 is 1.24 bits per heavy atom. The van der Waals surface area contributed by atoms with Crippen molar-refractivity contribution in [1.82, 2.24) is 4.90 Å². The lowest BCUT2D eigenvalue weighted by molar-refractivity contribution is 0.155. The SMILES string of the molecule is CN(Cc1ccc2c(c1)CCC2)C(C)(C)CN. The smallest absolute Gasteiger partial charge is 0.0275 e. The van der Waals surface area contributed by atoms with E-state index in [4.69, 9.17) is 5.73 Å². The third-order valence-corrected chi connectivity index (χ3v) is 4.12. The molecule has 0 saturated heterocycles. The summed E-state index contributed by atoms with van der Waals surface area (Å²) in [4.78, 5) is 2.34. The lowest BCUT2D eigenvalue weighted by Crippen LogP contribution is -2.46. The van der Waals surface area contributed by atoms with Crippen molar-refractivity contribution in [2.45, 2.75) is 45.2 Å². The van der Waals surface area contributed by atoms with Gasteiger partial charge in [0.15, 0.2) is 0 Å². The van der Waals surface area contributed by atoms with Crippen LogP contribution < -0.4 is 5.73 Å². The summed E-state index contributed by atoms with van der Waals surface area (Å²) in [6.45, 7) is 6.06. The number of nitrogens with two attached hydrogens (primary N) is 1. The van der Waals surface area contributed by atoms with E-state index in [0.29, 0.717) is 6.54 Å². The molecular weight excluding hydrogens is 208 g/mol. The normalized spacial score (nSPS) is 15.4. The number of aryl methyl sites for hydroxylation is 2. The third kappa shape index (κ3) is 2.70. The maximum Gasteiger partial charge on any atom is 0.0275 e. The molecule has 1 aromatic rings. The fourth-order valence-corrected chi connectivity index (χ4v) is 2.37. The second kappa shape index (κ2) is 4.79. The fourth-order valence-electron chi connectivity index (χ4n) is 2.37. The van der Waals surface area contributed by atoms with Crippen molar-refractivity contribution in [2.75, 3.05) is 13.6 Å². The van der Waals surface area contributed by atoms with Gasteiger partial charge in [-0.25, -0.2) is 0 Å². The first-order valence-corrected chi connectivity index (χ1v) is 6.55. The molecule has 17 heavy (non-hydrogen) atoms. The van der Waals surface area contributed by atoms with Crippen LogP contribution in [-0.4, -0.2) is 24.0 Å². The zero-order valence-electron chi connectivity index (χ0n) is 11.3. The average Bonchev–Trinajstić information content (AvgIpc) is 2.76. The van der Waals surface area contributed by atoms with E-state index < -0.39 is 0 Å². The molecule has 1 aliphatic carbocycles. The number of likely N-dealkylation sites (N-methyl/N-ethyl adjacent to an activating group) is 1. The van der Waals surface area contributed by atoms with Gasteiger partial charge in [0, 0.05) is 18.6 Å². The molecule has 0 radical (unpaired) electrons. The van der Waals surface area contributed by atoms with Gasteiger partial charge < -0.3 is 5.73 Å². The van der Waals surface area contributed by atoms with Gasteiger partial charge in [-0.05, 0) is 56.8 Å².